The van der Waals surface area contributed by atoms with Crippen LogP contribution in [0, 0.1) is 0 Å². The van der Waals surface area contributed by atoms with E-state index in [1.54, 1.807) is 0 Å². The molecular weight excluding hydrogens is 421 g/mol. The number of halogens is 5. The van der Waals surface area contributed by atoms with Crippen molar-refractivity contribution in [2.75, 3.05) is 13.2 Å². The molecule has 4 nitrogen and oxygen atoms in total. The van der Waals surface area contributed by atoms with Gasteiger partial charge in [0.2, 0.25) is 0 Å². The Labute approximate surface area is 176 Å². The predicted molar refractivity (Wildman–Crippen MR) is 102 cm³/mol. The SMILES string of the molecule is OC1(c2ccc(OC(F)(F)C(F)(F)F)cc2)CC2COCC(C1)N2Cc1ccccc1. The molecule has 2 heterocycles. The van der Waals surface area contributed by atoms with E-state index in [-0.39, 0.29) is 12.1 Å². The van der Waals surface area contributed by atoms with Crippen LogP contribution >= 0.6 is 0 Å². The van der Waals surface area contributed by atoms with Crippen LogP contribution in [0.1, 0.15) is 24.0 Å². The molecule has 2 aromatic rings. The highest BCUT2D eigenvalue weighted by molar-refractivity contribution is 5.32. The van der Waals surface area contributed by atoms with E-state index in [9.17, 15) is 27.1 Å². The molecule has 168 valence electrons. The number of hydrogen-bond acceptors (Lipinski definition) is 4. The first-order valence-electron chi connectivity index (χ1n) is 9.91. The van der Waals surface area contributed by atoms with Gasteiger partial charge in [0.1, 0.15) is 5.75 Å². The maximum Gasteiger partial charge on any atom is 0.499 e. The van der Waals surface area contributed by atoms with Crippen LogP contribution in [0.15, 0.2) is 54.6 Å². The van der Waals surface area contributed by atoms with E-state index < -0.39 is 23.6 Å². The second kappa shape index (κ2) is 8.03. The molecule has 0 aromatic heterocycles. The Balaban J connectivity index is 1.49. The van der Waals surface area contributed by atoms with Gasteiger partial charge in [-0.25, -0.2) is 0 Å². The van der Waals surface area contributed by atoms with E-state index in [4.69, 9.17) is 4.74 Å². The zero-order valence-electron chi connectivity index (χ0n) is 16.5. The molecule has 0 amide bonds. The Hall–Kier alpha value is -2.23. The van der Waals surface area contributed by atoms with E-state index >= 15 is 0 Å². The number of piperidine rings is 1. The monoisotopic (exact) mass is 443 g/mol. The first-order chi connectivity index (χ1) is 14.6. The van der Waals surface area contributed by atoms with Crippen molar-refractivity contribution in [2.24, 2.45) is 0 Å². The largest absolute Gasteiger partial charge is 0.499 e. The number of alkyl halides is 5. The fourth-order valence-electron chi connectivity index (χ4n) is 4.37. The average molecular weight is 443 g/mol. The zero-order valence-corrected chi connectivity index (χ0v) is 16.5. The molecule has 0 spiro atoms. The number of fused-ring (bicyclic) bond motifs is 2. The van der Waals surface area contributed by atoms with Gasteiger partial charge >= 0.3 is 12.3 Å². The van der Waals surface area contributed by atoms with Crippen LogP contribution in [0.25, 0.3) is 0 Å². The van der Waals surface area contributed by atoms with Crippen LogP contribution in [-0.4, -0.2) is 47.6 Å². The highest BCUT2D eigenvalue weighted by atomic mass is 19.4. The summed E-state index contributed by atoms with van der Waals surface area (Å²) in [6.45, 7) is 1.62. The molecule has 0 saturated carbocycles. The van der Waals surface area contributed by atoms with E-state index in [2.05, 4.69) is 9.64 Å². The standard InChI is InChI=1S/C22H22F5NO3/c23-21(24,25)22(26,27)31-19-8-6-16(7-9-19)20(29)10-17-13-30-14-18(11-20)28(17)12-15-4-2-1-3-5-15/h1-9,17-18,29H,10-14H2. The second-order valence-electron chi connectivity index (χ2n) is 8.08. The highest BCUT2D eigenvalue weighted by Crippen LogP contribution is 2.43. The molecule has 9 heteroatoms. The minimum atomic E-state index is -5.81. The maximum absolute atomic E-state index is 13.1. The molecule has 2 bridgehead atoms. The van der Waals surface area contributed by atoms with E-state index in [0.29, 0.717) is 31.6 Å². The zero-order chi connectivity index (χ0) is 22.3. The maximum atomic E-state index is 13.1. The summed E-state index contributed by atoms with van der Waals surface area (Å²) in [4.78, 5) is 2.30. The van der Waals surface area contributed by atoms with Gasteiger partial charge in [-0.15, -0.1) is 0 Å². The number of nitrogens with zero attached hydrogens (tertiary/aromatic N) is 1. The molecule has 31 heavy (non-hydrogen) atoms. The summed E-state index contributed by atoms with van der Waals surface area (Å²) in [7, 11) is 0. The smallest absolute Gasteiger partial charge is 0.426 e. The van der Waals surface area contributed by atoms with Crippen LogP contribution in [0.4, 0.5) is 22.0 Å². The molecule has 0 radical (unpaired) electrons. The van der Waals surface area contributed by atoms with Crippen molar-refractivity contribution in [1.82, 2.24) is 4.90 Å². The molecule has 2 aromatic carbocycles. The second-order valence-corrected chi connectivity index (χ2v) is 8.08. The molecule has 2 aliphatic rings. The Morgan fingerprint density at radius 2 is 1.52 bits per heavy atom. The summed E-state index contributed by atoms with van der Waals surface area (Å²) in [5, 5.41) is 11.3. The van der Waals surface area contributed by atoms with E-state index in [1.165, 1.54) is 12.1 Å². The first kappa shape index (κ1) is 22.0. The fourth-order valence-corrected chi connectivity index (χ4v) is 4.37. The quantitative estimate of drug-likeness (QED) is 0.693. The number of morpholine rings is 1. The molecule has 2 aliphatic heterocycles. The Morgan fingerprint density at radius 3 is 2.06 bits per heavy atom. The van der Waals surface area contributed by atoms with Gasteiger partial charge in [0.25, 0.3) is 0 Å². The molecule has 0 aliphatic carbocycles. The van der Waals surface area contributed by atoms with Crippen LogP contribution in [0.5, 0.6) is 5.75 Å². The van der Waals surface area contributed by atoms with E-state index in [0.717, 1.165) is 24.2 Å². The minimum absolute atomic E-state index is 0.0526. The highest BCUT2D eigenvalue weighted by Gasteiger charge is 2.61. The van der Waals surface area contributed by atoms with Crippen molar-refractivity contribution in [3.05, 3.63) is 65.7 Å². The minimum Gasteiger partial charge on any atom is -0.426 e. The van der Waals surface area contributed by atoms with Crippen molar-refractivity contribution in [3.8, 4) is 5.75 Å². The molecular formula is C22H22F5NO3. The summed E-state index contributed by atoms with van der Waals surface area (Å²) < 4.78 is 72.8. The lowest BCUT2D eigenvalue weighted by atomic mass is 9.76. The van der Waals surface area contributed by atoms with Crippen LogP contribution in [0.2, 0.25) is 0 Å². The van der Waals surface area contributed by atoms with Gasteiger partial charge in [0.15, 0.2) is 0 Å². The molecule has 2 fully saturated rings. The van der Waals surface area contributed by atoms with Crippen LogP contribution in [0.3, 0.4) is 0 Å². The first-order valence-corrected chi connectivity index (χ1v) is 9.91. The topological polar surface area (TPSA) is 41.9 Å². The number of benzene rings is 2. The van der Waals surface area contributed by atoms with Gasteiger partial charge in [-0.05, 0) is 36.1 Å². The summed E-state index contributed by atoms with van der Waals surface area (Å²) in [5.41, 5.74) is 0.362. The van der Waals surface area contributed by atoms with Gasteiger partial charge in [0.05, 0.1) is 18.8 Å². The van der Waals surface area contributed by atoms with Gasteiger partial charge < -0.3 is 14.6 Å². The molecule has 4 rings (SSSR count). The van der Waals surface area contributed by atoms with E-state index in [1.807, 2.05) is 30.3 Å². The third-order valence-corrected chi connectivity index (χ3v) is 5.88. The third-order valence-electron chi connectivity index (χ3n) is 5.88. The Bertz CT molecular complexity index is 874. The molecule has 2 atom stereocenters. The predicted octanol–water partition coefficient (Wildman–Crippen LogP) is 4.47. The van der Waals surface area contributed by atoms with Crippen molar-refractivity contribution in [2.45, 2.75) is 49.4 Å². The summed E-state index contributed by atoms with van der Waals surface area (Å²) >= 11 is 0. The van der Waals surface area contributed by atoms with Crippen molar-refractivity contribution in [1.29, 1.82) is 0 Å². The number of hydrogen-bond donors (Lipinski definition) is 1. The summed E-state index contributed by atoms with van der Waals surface area (Å²) in [6.07, 6.45) is -10.4. The van der Waals surface area contributed by atoms with Gasteiger partial charge in [-0.1, -0.05) is 42.5 Å². The normalized spacial score (nSPS) is 27.2. The average Bonchev–Trinajstić information content (AvgIpc) is 2.69. The van der Waals surface area contributed by atoms with Gasteiger partial charge in [0, 0.05) is 18.6 Å². The lowest BCUT2D eigenvalue weighted by Crippen LogP contribution is -2.60. The van der Waals surface area contributed by atoms with Crippen molar-refractivity contribution >= 4 is 0 Å². The number of aliphatic hydroxyl groups is 1. The van der Waals surface area contributed by atoms with Gasteiger partial charge in [-0.2, -0.15) is 22.0 Å². The van der Waals surface area contributed by atoms with Crippen molar-refractivity contribution < 1.29 is 36.5 Å². The summed E-state index contributed by atoms with van der Waals surface area (Å²) in [5.74, 6) is -0.625. The number of rotatable bonds is 5. The fraction of sp³-hybridized carbons (Fsp3) is 0.455. The molecule has 2 saturated heterocycles. The summed E-state index contributed by atoms with van der Waals surface area (Å²) in [6, 6.07) is 14.6. The molecule has 1 N–H and O–H groups in total. The lowest BCUT2D eigenvalue weighted by molar-refractivity contribution is -0.360. The van der Waals surface area contributed by atoms with Gasteiger partial charge in [-0.3, -0.25) is 4.90 Å². The number of ether oxygens (including phenoxy) is 2. The van der Waals surface area contributed by atoms with Crippen molar-refractivity contribution in [3.63, 3.8) is 0 Å². The molecule has 2 unspecified atom stereocenters. The Morgan fingerprint density at radius 1 is 0.935 bits per heavy atom. The third kappa shape index (κ3) is 4.53. The Kier molecular flexibility index (Phi) is 5.70. The van der Waals surface area contributed by atoms with Crippen LogP contribution < -0.4 is 4.74 Å². The lowest BCUT2D eigenvalue weighted by Gasteiger charge is -2.52. The van der Waals surface area contributed by atoms with Crippen LogP contribution in [-0.2, 0) is 16.9 Å².